The summed E-state index contributed by atoms with van der Waals surface area (Å²) in [6.45, 7) is 2.31. The van der Waals surface area contributed by atoms with Crippen LogP contribution in [-0.2, 0) is 17.8 Å². The Morgan fingerprint density at radius 2 is 1.92 bits per heavy atom. The molecule has 37 heavy (non-hydrogen) atoms. The molecule has 2 atom stereocenters. The van der Waals surface area contributed by atoms with Crippen LogP contribution in [0.5, 0.6) is 0 Å². The van der Waals surface area contributed by atoms with E-state index < -0.39 is 6.04 Å². The van der Waals surface area contributed by atoms with Gasteiger partial charge in [0, 0.05) is 60.3 Å². The van der Waals surface area contributed by atoms with Crippen molar-refractivity contribution in [2.45, 2.75) is 32.0 Å². The van der Waals surface area contributed by atoms with Crippen LogP contribution in [0, 0.1) is 0 Å². The minimum absolute atomic E-state index is 0.209. The Bertz CT molecular complexity index is 1640. The molecule has 2 amide bonds. The number of aromatic nitrogens is 3. The molecule has 0 bridgehead atoms. The fraction of sp³-hybridized carbons (Fsp3) is 0.214. The fourth-order valence-corrected chi connectivity index (χ4v) is 5.25. The number of likely N-dealkylation sites (N-methyl/N-ethyl adjacent to an activating group) is 1. The van der Waals surface area contributed by atoms with Gasteiger partial charge in [0.05, 0.1) is 23.3 Å². The van der Waals surface area contributed by atoms with E-state index >= 15 is 0 Å². The number of amides is 2. The van der Waals surface area contributed by atoms with Gasteiger partial charge >= 0.3 is 0 Å². The van der Waals surface area contributed by atoms with Gasteiger partial charge in [0.25, 0.3) is 5.91 Å². The largest absolute Gasteiger partial charge is 0.459 e. The van der Waals surface area contributed by atoms with E-state index in [-0.39, 0.29) is 23.6 Å². The molecule has 9 nitrogen and oxygen atoms in total. The predicted molar refractivity (Wildman–Crippen MR) is 140 cm³/mol. The van der Waals surface area contributed by atoms with Crippen LogP contribution in [0.15, 0.2) is 71.6 Å². The Morgan fingerprint density at radius 3 is 2.76 bits per heavy atom. The van der Waals surface area contributed by atoms with Gasteiger partial charge in [-0.15, -0.1) is 0 Å². The quantitative estimate of drug-likeness (QED) is 0.337. The second kappa shape index (κ2) is 9.09. The number of rotatable bonds is 5. The summed E-state index contributed by atoms with van der Waals surface area (Å²) in [6, 6.07) is 14.5. The van der Waals surface area contributed by atoms with E-state index in [4.69, 9.17) is 4.42 Å². The van der Waals surface area contributed by atoms with Crippen LogP contribution >= 0.6 is 0 Å². The second-order valence-corrected chi connectivity index (χ2v) is 9.17. The number of para-hydroxylation sites is 1. The summed E-state index contributed by atoms with van der Waals surface area (Å²) in [5, 5.41) is 7.16. The molecule has 6 rings (SSSR count). The molecule has 1 unspecified atom stereocenters. The highest BCUT2D eigenvalue weighted by Crippen LogP contribution is 2.38. The van der Waals surface area contributed by atoms with Crippen molar-refractivity contribution in [2.75, 3.05) is 12.4 Å². The fourth-order valence-electron chi connectivity index (χ4n) is 5.25. The van der Waals surface area contributed by atoms with Crippen LogP contribution in [0.25, 0.3) is 21.9 Å². The first-order valence-corrected chi connectivity index (χ1v) is 12.2. The molecule has 4 heterocycles. The average molecular weight is 495 g/mol. The molecule has 0 saturated carbocycles. The molecule has 2 aromatic carbocycles. The van der Waals surface area contributed by atoms with Gasteiger partial charge in [0.15, 0.2) is 5.76 Å². The van der Waals surface area contributed by atoms with Crippen LogP contribution < -0.4 is 10.6 Å². The summed E-state index contributed by atoms with van der Waals surface area (Å²) in [5.74, 6) is -0.315. The number of nitrogens with one attached hydrogen (secondary N) is 3. The maximum atomic E-state index is 13.9. The normalized spacial score (nSPS) is 17.1. The lowest BCUT2D eigenvalue weighted by molar-refractivity contribution is -0.126. The summed E-state index contributed by atoms with van der Waals surface area (Å²) < 4.78 is 5.70. The third-order valence-electron chi connectivity index (χ3n) is 7.09. The zero-order valence-electron chi connectivity index (χ0n) is 20.5. The van der Waals surface area contributed by atoms with Gasteiger partial charge in [-0.05, 0) is 42.8 Å². The van der Waals surface area contributed by atoms with Crippen molar-refractivity contribution in [1.29, 1.82) is 0 Å². The van der Waals surface area contributed by atoms with E-state index in [2.05, 4.69) is 25.6 Å². The number of benzene rings is 2. The van der Waals surface area contributed by atoms with Crippen molar-refractivity contribution in [3.8, 4) is 0 Å². The molecule has 3 aromatic heterocycles. The molecule has 1 aliphatic heterocycles. The molecule has 1 aliphatic rings. The molecule has 0 radical (unpaired) electrons. The van der Waals surface area contributed by atoms with Gasteiger partial charge < -0.3 is 24.9 Å². The zero-order chi connectivity index (χ0) is 25.5. The molecule has 3 N–H and O–H groups in total. The third-order valence-corrected chi connectivity index (χ3v) is 7.09. The van der Waals surface area contributed by atoms with Crippen molar-refractivity contribution in [3.63, 3.8) is 0 Å². The summed E-state index contributed by atoms with van der Waals surface area (Å²) in [5.41, 5.74) is 6.15. The van der Waals surface area contributed by atoms with E-state index in [9.17, 15) is 9.59 Å². The van der Waals surface area contributed by atoms with Crippen LogP contribution in [0.1, 0.15) is 40.3 Å². The number of H-pyrrole nitrogens is 1. The van der Waals surface area contributed by atoms with Gasteiger partial charge in [0.1, 0.15) is 6.04 Å². The third kappa shape index (κ3) is 3.88. The first kappa shape index (κ1) is 22.8. The Kier molecular flexibility index (Phi) is 5.60. The first-order chi connectivity index (χ1) is 18.0. The number of fused-ring (bicyclic) bond motifs is 4. The maximum absolute atomic E-state index is 13.9. The number of hydrogen-bond donors (Lipinski definition) is 3. The average Bonchev–Trinajstić information content (AvgIpc) is 3.56. The lowest BCUT2D eigenvalue weighted by Gasteiger charge is -2.39. The summed E-state index contributed by atoms with van der Waals surface area (Å²) in [4.78, 5) is 40.7. The SMILES string of the molecule is CNC(=O)[C@H]1Cc2c([nH]c3ccccc23)C(C)N1C(=O)c1occc1CNc1ccc2nccnc2c1. The molecule has 0 aliphatic carbocycles. The molecule has 5 aromatic rings. The van der Waals surface area contributed by atoms with E-state index in [1.165, 1.54) is 6.26 Å². The molecule has 186 valence electrons. The molecular weight excluding hydrogens is 468 g/mol. The highest BCUT2D eigenvalue weighted by atomic mass is 16.3. The van der Waals surface area contributed by atoms with Gasteiger partial charge in [-0.1, -0.05) is 18.2 Å². The molecule has 9 heteroatoms. The summed E-state index contributed by atoms with van der Waals surface area (Å²) in [7, 11) is 1.59. The minimum atomic E-state index is -0.663. The molecular formula is C28H26N6O3. The van der Waals surface area contributed by atoms with Crippen LogP contribution in [0.4, 0.5) is 5.69 Å². The Morgan fingerprint density at radius 1 is 1.11 bits per heavy atom. The maximum Gasteiger partial charge on any atom is 0.291 e. The van der Waals surface area contributed by atoms with E-state index in [1.807, 2.05) is 49.4 Å². The molecule has 0 saturated heterocycles. The number of nitrogens with zero attached hydrogens (tertiary/aromatic N) is 3. The van der Waals surface area contributed by atoms with Gasteiger partial charge in [-0.3, -0.25) is 19.6 Å². The molecule has 0 fully saturated rings. The van der Waals surface area contributed by atoms with Gasteiger partial charge in [-0.25, -0.2) is 0 Å². The Hall–Kier alpha value is -4.66. The standard InChI is InChI=1S/C28H26N6O3/c1-16-25-20(19-5-3-4-6-21(19)33-25)14-24(27(35)29-2)34(16)28(36)26-17(9-12-37-26)15-32-18-7-8-22-23(13-18)31-11-10-30-22/h3-13,16,24,32-33H,14-15H2,1-2H3,(H,29,35)/t16?,24-/m1/s1. The Labute approximate surface area is 212 Å². The van der Waals surface area contributed by atoms with Crippen molar-refractivity contribution in [1.82, 2.24) is 25.2 Å². The number of furan rings is 1. The Balaban J connectivity index is 1.30. The smallest absolute Gasteiger partial charge is 0.291 e. The minimum Gasteiger partial charge on any atom is -0.459 e. The van der Waals surface area contributed by atoms with Crippen LogP contribution in [-0.4, -0.2) is 44.8 Å². The second-order valence-electron chi connectivity index (χ2n) is 9.17. The number of carbonyl (C=O) groups is 2. The lowest BCUT2D eigenvalue weighted by atomic mass is 9.91. The topological polar surface area (TPSA) is 116 Å². The van der Waals surface area contributed by atoms with E-state index in [0.29, 0.717) is 18.5 Å². The predicted octanol–water partition coefficient (Wildman–Crippen LogP) is 4.19. The molecule has 0 spiro atoms. The first-order valence-electron chi connectivity index (χ1n) is 12.2. The number of aromatic amines is 1. The highest BCUT2D eigenvalue weighted by Gasteiger charge is 2.42. The zero-order valence-corrected chi connectivity index (χ0v) is 20.5. The van der Waals surface area contributed by atoms with Crippen LogP contribution in [0.2, 0.25) is 0 Å². The van der Waals surface area contributed by atoms with Gasteiger partial charge in [0.2, 0.25) is 5.91 Å². The van der Waals surface area contributed by atoms with E-state index in [0.717, 1.165) is 38.9 Å². The van der Waals surface area contributed by atoms with Crippen molar-refractivity contribution >= 4 is 39.4 Å². The monoisotopic (exact) mass is 494 g/mol. The van der Waals surface area contributed by atoms with Crippen LogP contribution in [0.3, 0.4) is 0 Å². The lowest BCUT2D eigenvalue weighted by Crippen LogP contribution is -2.53. The number of carbonyl (C=O) groups excluding carboxylic acids is 2. The van der Waals surface area contributed by atoms with Crippen molar-refractivity contribution < 1.29 is 14.0 Å². The summed E-state index contributed by atoms with van der Waals surface area (Å²) in [6.07, 6.45) is 5.24. The van der Waals surface area contributed by atoms with Gasteiger partial charge in [-0.2, -0.15) is 0 Å². The van der Waals surface area contributed by atoms with E-state index in [1.54, 1.807) is 30.4 Å². The number of hydrogen-bond acceptors (Lipinski definition) is 6. The number of anilines is 1. The highest BCUT2D eigenvalue weighted by molar-refractivity contribution is 5.98. The van der Waals surface area contributed by atoms with Crippen molar-refractivity contribution in [2.24, 2.45) is 0 Å². The summed E-state index contributed by atoms with van der Waals surface area (Å²) >= 11 is 0. The van der Waals surface area contributed by atoms with Crippen molar-refractivity contribution in [3.05, 3.63) is 89.8 Å².